The largest absolute Gasteiger partial charge is 0.385 e. The smallest absolute Gasteiger partial charge is 0.253 e. The Balaban J connectivity index is 1.85. The van der Waals surface area contributed by atoms with Gasteiger partial charge in [0.25, 0.3) is 5.91 Å². The van der Waals surface area contributed by atoms with Gasteiger partial charge in [-0.05, 0) is 55.7 Å². The van der Waals surface area contributed by atoms with Gasteiger partial charge in [-0.2, -0.15) is 0 Å². The predicted octanol–water partition coefficient (Wildman–Crippen LogP) is 3.87. The van der Waals surface area contributed by atoms with Crippen LogP contribution < -0.4 is 5.32 Å². The maximum absolute atomic E-state index is 12.8. The SMILES string of the molecule is CCN(CC)C(=O)c1ccc([C@H](c2cccc(NC(C)=O)c2)N2CCN(CCCOC)CC2)cc1. The standard InChI is InChI=1S/C28H40N4O3/c1-5-31(6-2)28(34)24-13-11-23(12-14-24)27(25-9-7-10-26(21-25)29-22(3)33)32-18-16-30(17-19-32)15-8-20-35-4/h7,9-14,21,27H,5-6,8,15-20H2,1-4H3,(H,29,33)/t27-/m1/s1. The monoisotopic (exact) mass is 480 g/mol. The molecule has 1 heterocycles. The molecule has 190 valence electrons. The van der Waals surface area contributed by atoms with E-state index in [0.29, 0.717) is 18.7 Å². The quantitative estimate of drug-likeness (QED) is 0.495. The van der Waals surface area contributed by atoms with Gasteiger partial charge in [0.15, 0.2) is 0 Å². The third-order valence-electron chi connectivity index (χ3n) is 6.64. The van der Waals surface area contributed by atoms with E-state index in [2.05, 4.69) is 39.4 Å². The van der Waals surface area contributed by atoms with E-state index in [4.69, 9.17) is 4.74 Å². The molecular formula is C28H40N4O3. The van der Waals surface area contributed by atoms with Crippen molar-refractivity contribution in [2.45, 2.75) is 33.2 Å². The van der Waals surface area contributed by atoms with Crippen LogP contribution >= 0.6 is 0 Å². The molecule has 7 heteroatoms. The number of benzene rings is 2. The first kappa shape index (κ1) is 26.9. The highest BCUT2D eigenvalue weighted by Crippen LogP contribution is 2.31. The van der Waals surface area contributed by atoms with Crippen LogP contribution in [0.1, 0.15) is 54.7 Å². The number of rotatable bonds is 11. The van der Waals surface area contributed by atoms with E-state index in [9.17, 15) is 9.59 Å². The van der Waals surface area contributed by atoms with E-state index in [1.807, 2.05) is 43.0 Å². The van der Waals surface area contributed by atoms with Gasteiger partial charge >= 0.3 is 0 Å². The number of nitrogens with one attached hydrogen (secondary N) is 1. The summed E-state index contributed by atoms with van der Waals surface area (Å²) in [6.45, 7) is 12.7. The number of hydrogen-bond acceptors (Lipinski definition) is 5. The molecule has 7 nitrogen and oxygen atoms in total. The number of methoxy groups -OCH3 is 1. The van der Waals surface area contributed by atoms with Gasteiger partial charge in [0.05, 0.1) is 6.04 Å². The molecule has 1 N–H and O–H groups in total. The second kappa shape index (κ2) is 13.4. The molecule has 1 aliphatic heterocycles. The fourth-order valence-electron chi connectivity index (χ4n) is 4.78. The molecule has 2 aromatic rings. The van der Waals surface area contributed by atoms with Crippen molar-refractivity contribution in [3.8, 4) is 0 Å². The first-order valence-electron chi connectivity index (χ1n) is 12.7. The minimum absolute atomic E-state index is 0.0439. The van der Waals surface area contributed by atoms with Crippen molar-refractivity contribution >= 4 is 17.5 Å². The highest BCUT2D eigenvalue weighted by molar-refractivity contribution is 5.94. The van der Waals surface area contributed by atoms with Gasteiger partial charge in [-0.3, -0.25) is 14.5 Å². The van der Waals surface area contributed by atoms with Crippen LogP contribution in [-0.2, 0) is 9.53 Å². The number of carbonyl (C=O) groups excluding carboxylic acids is 2. The maximum atomic E-state index is 12.8. The molecular weight excluding hydrogens is 440 g/mol. The topological polar surface area (TPSA) is 65.1 Å². The summed E-state index contributed by atoms with van der Waals surface area (Å²) in [5.74, 6) is -0.0157. The second-order valence-electron chi connectivity index (χ2n) is 9.03. The molecule has 1 aliphatic rings. The Bertz CT molecular complexity index is 951. The average molecular weight is 481 g/mol. The van der Waals surface area contributed by atoms with Crippen molar-refractivity contribution in [3.63, 3.8) is 0 Å². The third-order valence-corrected chi connectivity index (χ3v) is 6.64. The lowest BCUT2D eigenvalue weighted by atomic mass is 9.94. The summed E-state index contributed by atoms with van der Waals surface area (Å²) in [5.41, 5.74) is 3.79. The Labute approximate surface area is 210 Å². The molecule has 3 rings (SSSR count). The van der Waals surface area contributed by atoms with Crippen LogP contribution in [0.4, 0.5) is 5.69 Å². The lowest BCUT2D eigenvalue weighted by Crippen LogP contribution is -2.48. The number of amides is 2. The van der Waals surface area contributed by atoms with Gasteiger partial charge in [0.2, 0.25) is 5.91 Å². The molecule has 2 amide bonds. The summed E-state index contributed by atoms with van der Waals surface area (Å²) >= 11 is 0. The molecule has 0 spiro atoms. The van der Waals surface area contributed by atoms with E-state index in [-0.39, 0.29) is 17.9 Å². The molecule has 0 aromatic heterocycles. The fraction of sp³-hybridized carbons (Fsp3) is 0.500. The highest BCUT2D eigenvalue weighted by Gasteiger charge is 2.27. The van der Waals surface area contributed by atoms with Crippen molar-refractivity contribution in [2.24, 2.45) is 0 Å². The lowest BCUT2D eigenvalue weighted by Gasteiger charge is -2.40. The molecule has 1 fully saturated rings. The number of carbonyl (C=O) groups is 2. The summed E-state index contributed by atoms with van der Waals surface area (Å²) in [6, 6.07) is 16.2. The number of ether oxygens (including phenoxy) is 1. The molecule has 1 atom stereocenters. The van der Waals surface area contributed by atoms with Gasteiger partial charge in [0.1, 0.15) is 0 Å². The van der Waals surface area contributed by atoms with E-state index in [1.165, 1.54) is 6.92 Å². The zero-order valence-electron chi connectivity index (χ0n) is 21.6. The number of hydrogen-bond donors (Lipinski definition) is 1. The second-order valence-corrected chi connectivity index (χ2v) is 9.03. The van der Waals surface area contributed by atoms with Crippen molar-refractivity contribution < 1.29 is 14.3 Å². The van der Waals surface area contributed by atoms with E-state index in [0.717, 1.165) is 62.6 Å². The van der Waals surface area contributed by atoms with Crippen LogP contribution in [0.15, 0.2) is 48.5 Å². The van der Waals surface area contributed by atoms with Gasteiger partial charge in [-0.15, -0.1) is 0 Å². The Kier molecular flexibility index (Phi) is 10.3. The van der Waals surface area contributed by atoms with E-state index < -0.39 is 0 Å². The first-order valence-corrected chi connectivity index (χ1v) is 12.7. The van der Waals surface area contributed by atoms with Crippen molar-refractivity contribution in [1.29, 1.82) is 0 Å². The van der Waals surface area contributed by atoms with E-state index in [1.54, 1.807) is 7.11 Å². The minimum Gasteiger partial charge on any atom is -0.385 e. The van der Waals surface area contributed by atoms with Gasteiger partial charge in [-0.25, -0.2) is 0 Å². The summed E-state index contributed by atoms with van der Waals surface area (Å²) in [7, 11) is 1.75. The summed E-state index contributed by atoms with van der Waals surface area (Å²) in [6.07, 6.45) is 1.04. The van der Waals surface area contributed by atoms with Crippen molar-refractivity contribution in [3.05, 3.63) is 65.2 Å². The number of anilines is 1. The Morgan fingerprint density at radius 1 is 1.00 bits per heavy atom. The Morgan fingerprint density at radius 2 is 1.69 bits per heavy atom. The molecule has 0 saturated carbocycles. The summed E-state index contributed by atoms with van der Waals surface area (Å²) < 4.78 is 5.21. The average Bonchev–Trinajstić information content (AvgIpc) is 2.86. The zero-order valence-corrected chi connectivity index (χ0v) is 21.6. The highest BCUT2D eigenvalue weighted by atomic mass is 16.5. The molecule has 1 saturated heterocycles. The lowest BCUT2D eigenvalue weighted by molar-refractivity contribution is -0.114. The third kappa shape index (κ3) is 7.37. The Morgan fingerprint density at radius 3 is 2.29 bits per heavy atom. The zero-order chi connectivity index (χ0) is 25.2. The predicted molar refractivity (Wildman–Crippen MR) is 141 cm³/mol. The van der Waals surface area contributed by atoms with Gasteiger partial charge in [-0.1, -0.05) is 24.3 Å². The number of nitrogens with zero attached hydrogens (tertiary/aromatic N) is 3. The van der Waals surface area contributed by atoms with Crippen LogP contribution in [0.25, 0.3) is 0 Å². The van der Waals surface area contributed by atoms with Gasteiger partial charge in [0, 0.05) is 77.7 Å². The molecule has 2 aromatic carbocycles. The summed E-state index contributed by atoms with van der Waals surface area (Å²) in [5, 5.41) is 2.91. The minimum atomic E-state index is -0.0809. The van der Waals surface area contributed by atoms with E-state index >= 15 is 0 Å². The maximum Gasteiger partial charge on any atom is 0.253 e. The van der Waals surface area contributed by atoms with Crippen LogP contribution in [0, 0.1) is 0 Å². The summed E-state index contributed by atoms with van der Waals surface area (Å²) in [4.78, 5) is 31.3. The van der Waals surface area contributed by atoms with Crippen molar-refractivity contribution in [2.75, 3.05) is 64.8 Å². The molecule has 0 radical (unpaired) electrons. The first-order chi connectivity index (χ1) is 17.0. The van der Waals surface area contributed by atoms with Crippen LogP contribution in [-0.4, -0.2) is 86.0 Å². The number of piperazine rings is 1. The molecule has 0 bridgehead atoms. The van der Waals surface area contributed by atoms with Crippen LogP contribution in [0.5, 0.6) is 0 Å². The van der Waals surface area contributed by atoms with Crippen LogP contribution in [0.3, 0.4) is 0 Å². The van der Waals surface area contributed by atoms with Gasteiger partial charge < -0.3 is 19.9 Å². The molecule has 0 unspecified atom stereocenters. The van der Waals surface area contributed by atoms with Crippen molar-refractivity contribution in [1.82, 2.24) is 14.7 Å². The molecule has 0 aliphatic carbocycles. The van der Waals surface area contributed by atoms with Crippen LogP contribution in [0.2, 0.25) is 0 Å². The fourth-order valence-corrected chi connectivity index (χ4v) is 4.78. The Hall–Kier alpha value is -2.74. The normalized spacial score (nSPS) is 15.5. The molecule has 35 heavy (non-hydrogen) atoms.